The highest BCUT2D eigenvalue weighted by Gasteiger charge is 2.08. The molecule has 0 spiro atoms. The van der Waals surface area contributed by atoms with E-state index in [0.29, 0.717) is 23.9 Å². The standard InChI is InChI=1S/C14H14N4O/c1-4-17-13-9-18-12-8-16-6-5-11(12)7-10(2)19-14(13)15-3/h4-8H,2-3,9H2,1H3/b11-7-,14-13+,17-4?,18-12?. The van der Waals surface area contributed by atoms with Gasteiger partial charge in [0.2, 0.25) is 5.88 Å². The first-order valence-corrected chi connectivity index (χ1v) is 5.76. The molecule has 1 aliphatic rings. The van der Waals surface area contributed by atoms with Gasteiger partial charge in [-0.05, 0) is 25.8 Å². The van der Waals surface area contributed by atoms with Gasteiger partial charge in [0.1, 0.15) is 11.5 Å². The van der Waals surface area contributed by atoms with Gasteiger partial charge in [0.05, 0.1) is 18.1 Å². The molecule has 0 aliphatic carbocycles. The number of aromatic nitrogens is 1. The smallest absolute Gasteiger partial charge is 0.242 e. The lowest BCUT2D eigenvalue weighted by Gasteiger charge is -2.06. The minimum atomic E-state index is 0.323. The summed E-state index contributed by atoms with van der Waals surface area (Å²) in [6.45, 7) is 9.49. The molecule has 5 heteroatoms. The van der Waals surface area contributed by atoms with E-state index in [2.05, 4.69) is 33.3 Å². The molecule has 0 radical (unpaired) electrons. The van der Waals surface area contributed by atoms with E-state index in [9.17, 15) is 0 Å². The Morgan fingerprint density at radius 3 is 3.05 bits per heavy atom. The van der Waals surface area contributed by atoms with Gasteiger partial charge in [-0.2, -0.15) is 0 Å². The highest BCUT2D eigenvalue weighted by molar-refractivity contribution is 5.56. The van der Waals surface area contributed by atoms with E-state index in [1.165, 1.54) is 0 Å². The van der Waals surface area contributed by atoms with Crippen molar-refractivity contribution in [2.24, 2.45) is 15.0 Å². The Morgan fingerprint density at radius 1 is 1.47 bits per heavy atom. The minimum Gasteiger partial charge on any atom is -0.438 e. The molecule has 0 saturated carbocycles. The maximum atomic E-state index is 5.55. The lowest BCUT2D eigenvalue weighted by molar-refractivity contribution is 0.320. The van der Waals surface area contributed by atoms with Gasteiger partial charge in [-0.25, -0.2) is 4.99 Å². The van der Waals surface area contributed by atoms with Gasteiger partial charge >= 0.3 is 0 Å². The molecule has 2 heterocycles. The fourth-order valence-electron chi connectivity index (χ4n) is 1.64. The first kappa shape index (κ1) is 12.9. The van der Waals surface area contributed by atoms with Crippen LogP contribution >= 0.6 is 0 Å². The van der Waals surface area contributed by atoms with Crippen LogP contribution < -0.4 is 10.6 Å². The van der Waals surface area contributed by atoms with Crippen LogP contribution in [-0.2, 0) is 4.74 Å². The van der Waals surface area contributed by atoms with Crippen LogP contribution in [0.3, 0.4) is 0 Å². The Labute approximate surface area is 111 Å². The summed E-state index contributed by atoms with van der Waals surface area (Å²) in [6, 6.07) is 1.85. The summed E-state index contributed by atoms with van der Waals surface area (Å²) in [5.41, 5.74) is 0.601. The van der Waals surface area contributed by atoms with Crippen molar-refractivity contribution in [1.82, 2.24) is 4.98 Å². The molecular weight excluding hydrogens is 240 g/mol. The van der Waals surface area contributed by atoms with Crippen molar-refractivity contribution < 1.29 is 4.74 Å². The van der Waals surface area contributed by atoms with E-state index in [1.54, 1.807) is 24.7 Å². The van der Waals surface area contributed by atoms with Crippen LogP contribution in [0.15, 0.2) is 57.4 Å². The summed E-state index contributed by atoms with van der Waals surface area (Å²) >= 11 is 0. The van der Waals surface area contributed by atoms with Gasteiger partial charge in [0.25, 0.3) is 0 Å². The van der Waals surface area contributed by atoms with Crippen LogP contribution in [0, 0.1) is 0 Å². The third-order valence-electron chi connectivity index (χ3n) is 2.45. The maximum Gasteiger partial charge on any atom is 0.242 e. The van der Waals surface area contributed by atoms with Crippen molar-refractivity contribution in [3.8, 4) is 0 Å². The van der Waals surface area contributed by atoms with E-state index in [1.807, 2.05) is 13.0 Å². The van der Waals surface area contributed by atoms with Crippen molar-refractivity contribution in [1.29, 1.82) is 0 Å². The van der Waals surface area contributed by atoms with E-state index in [0.717, 1.165) is 10.6 Å². The van der Waals surface area contributed by atoms with Crippen molar-refractivity contribution in [2.75, 3.05) is 6.54 Å². The molecule has 0 aromatic carbocycles. The highest BCUT2D eigenvalue weighted by Crippen LogP contribution is 2.14. The summed E-state index contributed by atoms with van der Waals surface area (Å²) in [7, 11) is 0. The molecule has 0 atom stereocenters. The van der Waals surface area contributed by atoms with E-state index in [4.69, 9.17) is 4.74 Å². The molecular formula is C14H14N4O. The van der Waals surface area contributed by atoms with Gasteiger partial charge in [-0.1, -0.05) is 6.58 Å². The van der Waals surface area contributed by atoms with Gasteiger partial charge in [0.15, 0.2) is 0 Å². The Morgan fingerprint density at radius 2 is 2.32 bits per heavy atom. The molecule has 0 unspecified atom stereocenters. The van der Waals surface area contributed by atoms with Crippen LogP contribution in [0.1, 0.15) is 6.92 Å². The zero-order chi connectivity index (χ0) is 13.7. The number of hydrogen-bond donors (Lipinski definition) is 0. The predicted molar refractivity (Wildman–Crippen MR) is 75.3 cm³/mol. The van der Waals surface area contributed by atoms with Crippen LogP contribution in [0.5, 0.6) is 0 Å². The SMILES string of the molecule is C=N/C1=C(\N=CC)CN=c2cncc/c2=C/C(=C)O1. The first-order chi connectivity index (χ1) is 9.24. The third kappa shape index (κ3) is 3.01. The summed E-state index contributed by atoms with van der Waals surface area (Å²) in [4.78, 5) is 16.6. The highest BCUT2D eigenvalue weighted by atomic mass is 16.5. The van der Waals surface area contributed by atoms with Crippen molar-refractivity contribution in [3.05, 3.63) is 53.0 Å². The molecule has 0 saturated heterocycles. The molecule has 19 heavy (non-hydrogen) atoms. The van der Waals surface area contributed by atoms with Crippen molar-refractivity contribution >= 4 is 19.0 Å². The predicted octanol–water partition coefficient (Wildman–Crippen LogP) is 0.986. The Hall–Kier alpha value is -2.56. The number of pyridine rings is 1. The summed E-state index contributed by atoms with van der Waals surface area (Å²) in [6.07, 6.45) is 6.83. The number of hydrogen-bond acceptors (Lipinski definition) is 5. The normalized spacial score (nSPS) is 21.1. The number of nitrogens with zero attached hydrogens (tertiary/aromatic N) is 4. The monoisotopic (exact) mass is 254 g/mol. The zero-order valence-electron chi connectivity index (χ0n) is 10.7. The fraction of sp³-hybridized carbons (Fsp3) is 0.143. The molecule has 96 valence electrons. The maximum absolute atomic E-state index is 5.55. The number of allylic oxidation sites excluding steroid dienone is 1. The number of fused-ring (bicyclic) bond motifs is 1. The molecule has 5 nitrogen and oxygen atoms in total. The summed E-state index contributed by atoms with van der Waals surface area (Å²) in [5, 5.41) is 1.66. The topological polar surface area (TPSA) is 59.2 Å². The van der Waals surface area contributed by atoms with Crippen LogP contribution in [0.4, 0.5) is 0 Å². The van der Waals surface area contributed by atoms with E-state index >= 15 is 0 Å². The Bertz CT molecular complexity index is 686. The quantitative estimate of drug-likeness (QED) is 0.739. The lowest BCUT2D eigenvalue weighted by atomic mass is 10.3. The zero-order valence-corrected chi connectivity index (χ0v) is 10.7. The largest absolute Gasteiger partial charge is 0.438 e. The number of ether oxygens (including phenoxy) is 1. The summed E-state index contributed by atoms with van der Waals surface area (Å²) < 4.78 is 5.55. The van der Waals surface area contributed by atoms with Crippen LogP contribution in [0.2, 0.25) is 0 Å². The lowest BCUT2D eigenvalue weighted by Crippen LogP contribution is -2.25. The van der Waals surface area contributed by atoms with E-state index in [-0.39, 0.29) is 0 Å². The molecule has 0 bridgehead atoms. The second-order valence-electron chi connectivity index (χ2n) is 3.76. The van der Waals surface area contributed by atoms with Crippen LogP contribution in [0.25, 0.3) is 6.08 Å². The number of aliphatic imine (C=N–C) groups is 2. The third-order valence-corrected chi connectivity index (χ3v) is 2.45. The molecule has 0 amide bonds. The van der Waals surface area contributed by atoms with Gasteiger partial charge in [-0.15, -0.1) is 0 Å². The molecule has 2 rings (SSSR count). The van der Waals surface area contributed by atoms with Gasteiger partial charge in [0, 0.05) is 17.6 Å². The molecule has 1 aromatic rings. The molecule has 1 aromatic heterocycles. The van der Waals surface area contributed by atoms with Crippen molar-refractivity contribution in [3.63, 3.8) is 0 Å². The van der Waals surface area contributed by atoms with E-state index < -0.39 is 0 Å². The summed E-state index contributed by atoms with van der Waals surface area (Å²) in [5.74, 6) is 0.777. The second kappa shape index (κ2) is 5.86. The minimum absolute atomic E-state index is 0.323. The van der Waals surface area contributed by atoms with Gasteiger partial charge < -0.3 is 4.74 Å². The molecule has 0 fully saturated rings. The second-order valence-corrected chi connectivity index (χ2v) is 3.76. The molecule has 0 N–H and O–H groups in total. The average molecular weight is 254 g/mol. The van der Waals surface area contributed by atoms with Crippen molar-refractivity contribution in [2.45, 2.75) is 6.92 Å². The van der Waals surface area contributed by atoms with Gasteiger partial charge in [-0.3, -0.25) is 15.0 Å². The molecule has 1 aliphatic heterocycles. The first-order valence-electron chi connectivity index (χ1n) is 5.76. The fourth-order valence-corrected chi connectivity index (χ4v) is 1.64. The Kier molecular flexibility index (Phi) is 3.97. The number of rotatable bonds is 2. The Balaban J connectivity index is 2.62. The van der Waals surface area contributed by atoms with Crippen LogP contribution in [-0.4, -0.2) is 24.5 Å². The average Bonchev–Trinajstić information content (AvgIpc) is 2.48.